The maximum absolute atomic E-state index is 10.5. The second-order valence-electron chi connectivity index (χ2n) is 2.75. The van der Waals surface area contributed by atoms with Crippen molar-refractivity contribution in [2.75, 3.05) is 11.9 Å². The number of hydrogen-bond donors (Lipinski definition) is 2. The first-order valence-corrected chi connectivity index (χ1v) is 4.68. The van der Waals surface area contributed by atoms with Gasteiger partial charge >= 0.3 is 5.97 Å². The number of anilines is 1. The van der Waals surface area contributed by atoms with E-state index in [0.717, 1.165) is 5.01 Å². The van der Waals surface area contributed by atoms with E-state index in [2.05, 4.69) is 15.5 Å². The SMILES string of the molecule is Cc1nnc(NCC(C)C(=O)O)s1. The lowest BCUT2D eigenvalue weighted by Gasteiger charge is -2.05. The van der Waals surface area contributed by atoms with Gasteiger partial charge in [0.15, 0.2) is 0 Å². The molecule has 72 valence electrons. The highest BCUT2D eigenvalue weighted by atomic mass is 32.1. The molecule has 0 saturated heterocycles. The predicted octanol–water partition coefficient (Wildman–Crippen LogP) is 0.979. The zero-order valence-electron chi connectivity index (χ0n) is 7.44. The summed E-state index contributed by atoms with van der Waals surface area (Å²) in [4.78, 5) is 10.5. The van der Waals surface area contributed by atoms with Crippen LogP contribution in [0.2, 0.25) is 0 Å². The van der Waals surface area contributed by atoms with Crippen LogP contribution in [0.3, 0.4) is 0 Å². The molecular formula is C7H11N3O2S. The van der Waals surface area contributed by atoms with E-state index in [0.29, 0.717) is 11.7 Å². The number of aromatic nitrogens is 2. The van der Waals surface area contributed by atoms with E-state index >= 15 is 0 Å². The van der Waals surface area contributed by atoms with Crippen LogP contribution in [0, 0.1) is 12.8 Å². The fourth-order valence-electron chi connectivity index (χ4n) is 0.696. The minimum Gasteiger partial charge on any atom is -0.481 e. The number of carbonyl (C=O) groups is 1. The van der Waals surface area contributed by atoms with Gasteiger partial charge in [0.05, 0.1) is 5.92 Å². The van der Waals surface area contributed by atoms with Crippen molar-refractivity contribution in [1.29, 1.82) is 0 Å². The summed E-state index contributed by atoms with van der Waals surface area (Å²) in [6.45, 7) is 3.87. The van der Waals surface area contributed by atoms with Crippen LogP contribution < -0.4 is 5.32 Å². The summed E-state index contributed by atoms with van der Waals surface area (Å²) < 4.78 is 0. The lowest BCUT2D eigenvalue weighted by Crippen LogP contribution is -2.19. The number of rotatable bonds is 4. The molecule has 6 heteroatoms. The summed E-state index contributed by atoms with van der Waals surface area (Å²) >= 11 is 1.42. The van der Waals surface area contributed by atoms with Crippen molar-refractivity contribution in [2.24, 2.45) is 5.92 Å². The van der Waals surface area contributed by atoms with Crippen molar-refractivity contribution in [3.8, 4) is 0 Å². The molecule has 0 aromatic carbocycles. The number of nitrogens with one attached hydrogen (secondary N) is 1. The molecule has 0 aliphatic rings. The second-order valence-corrected chi connectivity index (χ2v) is 3.93. The molecule has 0 aliphatic carbocycles. The molecular weight excluding hydrogens is 190 g/mol. The molecule has 5 nitrogen and oxygen atoms in total. The number of aryl methyl sites for hydroxylation is 1. The van der Waals surface area contributed by atoms with Crippen LogP contribution in [0.5, 0.6) is 0 Å². The van der Waals surface area contributed by atoms with E-state index in [1.54, 1.807) is 6.92 Å². The number of carboxylic acids is 1. The quantitative estimate of drug-likeness (QED) is 0.759. The molecule has 0 saturated carbocycles. The largest absolute Gasteiger partial charge is 0.481 e. The third kappa shape index (κ3) is 2.98. The van der Waals surface area contributed by atoms with Crippen molar-refractivity contribution in [2.45, 2.75) is 13.8 Å². The molecule has 1 aromatic rings. The van der Waals surface area contributed by atoms with Gasteiger partial charge in [0.25, 0.3) is 0 Å². The highest BCUT2D eigenvalue weighted by Gasteiger charge is 2.10. The third-order valence-corrected chi connectivity index (χ3v) is 2.30. The van der Waals surface area contributed by atoms with E-state index in [1.165, 1.54) is 11.3 Å². The van der Waals surface area contributed by atoms with Crippen LogP contribution in [-0.2, 0) is 4.79 Å². The van der Waals surface area contributed by atoms with Crippen molar-refractivity contribution in [1.82, 2.24) is 10.2 Å². The molecule has 1 rings (SSSR count). The summed E-state index contributed by atoms with van der Waals surface area (Å²) in [5, 5.41) is 20.7. The van der Waals surface area contributed by atoms with E-state index in [-0.39, 0.29) is 0 Å². The molecule has 2 N–H and O–H groups in total. The zero-order chi connectivity index (χ0) is 9.84. The highest BCUT2D eigenvalue weighted by molar-refractivity contribution is 7.15. The molecule has 0 radical (unpaired) electrons. The van der Waals surface area contributed by atoms with Gasteiger partial charge < -0.3 is 10.4 Å². The first kappa shape index (κ1) is 9.91. The fourth-order valence-corrected chi connectivity index (χ4v) is 1.29. The van der Waals surface area contributed by atoms with Crippen LogP contribution in [-0.4, -0.2) is 27.8 Å². The molecule has 1 aromatic heterocycles. The molecule has 0 aliphatic heterocycles. The van der Waals surface area contributed by atoms with E-state index < -0.39 is 11.9 Å². The number of nitrogens with zero attached hydrogens (tertiary/aromatic N) is 2. The van der Waals surface area contributed by atoms with E-state index in [4.69, 9.17) is 5.11 Å². The van der Waals surface area contributed by atoms with Crippen molar-refractivity contribution >= 4 is 22.4 Å². The maximum Gasteiger partial charge on any atom is 0.308 e. The first-order valence-electron chi connectivity index (χ1n) is 3.86. The van der Waals surface area contributed by atoms with Gasteiger partial charge in [0.2, 0.25) is 5.13 Å². The average molecular weight is 201 g/mol. The van der Waals surface area contributed by atoms with Gasteiger partial charge in [-0.15, -0.1) is 10.2 Å². The Balaban J connectivity index is 2.39. The minimum atomic E-state index is -0.811. The number of carboxylic acid groups (broad SMARTS) is 1. The molecule has 1 atom stereocenters. The van der Waals surface area contributed by atoms with Gasteiger partial charge in [-0.05, 0) is 6.92 Å². The Bertz CT molecular complexity index is 300. The Kier molecular flexibility index (Phi) is 3.18. The van der Waals surface area contributed by atoms with Crippen molar-refractivity contribution in [3.05, 3.63) is 5.01 Å². The zero-order valence-corrected chi connectivity index (χ0v) is 8.26. The smallest absolute Gasteiger partial charge is 0.308 e. The third-order valence-electron chi connectivity index (χ3n) is 1.51. The van der Waals surface area contributed by atoms with Gasteiger partial charge in [0.1, 0.15) is 5.01 Å². The van der Waals surface area contributed by atoms with Crippen molar-refractivity contribution in [3.63, 3.8) is 0 Å². The van der Waals surface area contributed by atoms with Crippen LogP contribution in [0.25, 0.3) is 0 Å². The molecule has 0 amide bonds. The summed E-state index contributed by atoms with van der Waals surface area (Å²) in [6, 6.07) is 0. The van der Waals surface area contributed by atoms with Crippen LogP contribution in [0.1, 0.15) is 11.9 Å². The Hall–Kier alpha value is -1.17. The molecule has 0 spiro atoms. The van der Waals surface area contributed by atoms with Gasteiger partial charge in [0, 0.05) is 6.54 Å². The van der Waals surface area contributed by atoms with Gasteiger partial charge in [-0.1, -0.05) is 18.3 Å². The van der Waals surface area contributed by atoms with E-state index in [9.17, 15) is 4.79 Å². The molecule has 1 heterocycles. The topological polar surface area (TPSA) is 75.1 Å². The molecule has 0 fully saturated rings. The van der Waals surface area contributed by atoms with Gasteiger partial charge in [-0.3, -0.25) is 4.79 Å². The fraction of sp³-hybridized carbons (Fsp3) is 0.571. The Labute approximate surface area is 79.8 Å². The minimum absolute atomic E-state index is 0.379. The Morgan fingerprint density at radius 3 is 2.85 bits per heavy atom. The second kappa shape index (κ2) is 4.18. The normalized spacial score (nSPS) is 12.5. The van der Waals surface area contributed by atoms with E-state index in [1.807, 2.05) is 6.92 Å². The van der Waals surface area contributed by atoms with Crippen LogP contribution in [0.4, 0.5) is 5.13 Å². The monoisotopic (exact) mass is 201 g/mol. The van der Waals surface area contributed by atoms with Gasteiger partial charge in [-0.2, -0.15) is 0 Å². The maximum atomic E-state index is 10.5. The van der Waals surface area contributed by atoms with Crippen molar-refractivity contribution < 1.29 is 9.90 Å². The lowest BCUT2D eigenvalue weighted by molar-refractivity contribution is -0.140. The highest BCUT2D eigenvalue weighted by Crippen LogP contribution is 2.13. The average Bonchev–Trinajstić information content (AvgIpc) is 2.47. The summed E-state index contributed by atoms with van der Waals surface area (Å²) in [5.41, 5.74) is 0. The predicted molar refractivity (Wildman–Crippen MR) is 49.9 cm³/mol. The Morgan fingerprint density at radius 1 is 1.69 bits per heavy atom. The van der Waals surface area contributed by atoms with Gasteiger partial charge in [-0.25, -0.2) is 0 Å². The number of aliphatic carboxylic acids is 1. The van der Waals surface area contributed by atoms with Crippen LogP contribution in [0.15, 0.2) is 0 Å². The molecule has 1 unspecified atom stereocenters. The number of hydrogen-bond acceptors (Lipinski definition) is 5. The molecule has 13 heavy (non-hydrogen) atoms. The molecule has 0 bridgehead atoms. The summed E-state index contributed by atoms with van der Waals surface area (Å²) in [6.07, 6.45) is 0. The first-order chi connectivity index (χ1) is 6.09. The summed E-state index contributed by atoms with van der Waals surface area (Å²) in [7, 11) is 0. The lowest BCUT2D eigenvalue weighted by atomic mass is 10.2. The summed E-state index contributed by atoms with van der Waals surface area (Å²) in [5.74, 6) is -1.22. The van der Waals surface area contributed by atoms with Crippen LogP contribution >= 0.6 is 11.3 Å². The standard InChI is InChI=1S/C7H11N3O2S/c1-4(6(11)12)3-8-7-10-9-5(2)13-7/h4H,3H2,1-2H3,(H,8,10)(H,11,12). The Morgan fingerprint density at radius 2 is 2.38 bits per heavy atom.